The molecule has 0 aliphatic heterocycles. The fourth-order valence-corrected chi connectivity index (χ4v) is 2.49. The number of benzene rings is 2. The van der Waals surface area contributed by atoms with Gasteiger partial charge < -0.3 is 4.90 Å². The summed E-state index contributed by atoms with van der Waals surface area (Å²) in [5.41, 5.74) is -0.0471. The summed E-state index contributed by atoms with van der Waals surface area (Å²) >= 11 is 5.76. The first-order valence-corrected chi connectivity index (χ1v) is 7.55. The molecule has 0 aromatic heterocycles. The topological polar surface area (TPSA) is 107 Å². The molecule has 2 rings (SSSR count). The Balaban J connectivity index is 2.36. The first kappa shape index (κ1) is 18.3. The van der Waals surface area contributed by atoms with Crippen molar-refractivity contribution in [3.63, 3.8) is 0 Å². The molecule has 0 saturated heterocycles. The number of nitro benzene ring substituents is 2. The van der Waals surface area contributed by atoms with Crippen molar-refractivity contribution in [3.8, 4) is 0 Å². The van der Waals surface area contributed by atoms with Crippen LogP contribution in [-0.4, -0.2) is 27.7 Å². The lowest BCUT2D eigenvalue weighted by Crippen LogP contribution is -2.30. The third kappa shape index (κ3) is 3.92. The summed E-state index contributed by atoms with van der Waals surface area (Å²) < 4.78 is 0. The van der Waals surface area contributed by atoms with E-state index in [-0.39, 0.29) is 16.3 Å². The Hall–Kier alpha value is -3.00. The van der Waals surface area contributed by atoms with E-state index < -0.39 is 27.5 Å². The van der Waals surface area contributed by atoms with Crippen LogP contribution in [0.4, 0.5) is 11.4 Å². The third-order valence-electron chi connectivity index (χ3n) is 3.85. The highest BCUT2D eigenvalue weighted by Gasteiger charge is 2.26. The fourth-order valence-electron chi connectivity index (χ4n) is 2.32. The predicted molar refractivity (Wildman–Crippen MR) is 91.7 cm³/mol. The molecule has 0 bridgehead atoms. The molecule has 8 nitrogen and oxygen atoms in total. The van der Waals surface area contributed by atoms with Gasteiger partial charge in [0.25, 0.3) is 17.3 Å². The second-order valence-electron chi connectivity index (χ2n) is 5.36. The molecule has 0 aliphatic carbocycles. The second-order valence-corrected chi connectivity index (χ2v) is 5.80. The molecule has 25 heavy (non-hydrogen) atoms. The molecule has 0 saturated carbocycles. The maximum absolute atomic E-state index is 12.7. The molecule has 1 unspecified atom stereocenters. The van der Waals surface area contributed by atoms with Crippen LogP contribution < -0.4 is 0 Å². The van der Waals surface area contributed by atoms with Crippen LogP contribution in [0.15, 0.2) is 42.5 Å². The summed E-state index contributed by atoms with van der Waals surface area (Å²) in [6, 6.07) is 9.16. The van der Waals surface area contributed by atoms with E-state index in [1.54, 1.807) is 13.0 Å². The van der Waals surface area contributed by atoms with Crippen molar-refractivity contribution in [1.82, 2.24) is 4.90 Å². The normalized spacial score (nSPS) is 11.6. The minimum absolute atomic E-state index is 0.0947. The minimum Gasteiger partial charge on any atom is -0.335 e. The maximum Gasteiger partial charge on any atom is 0.283 e. The standard InChI is InChI=1S/C16H14ClN3O5/c1-10(11-4-3-5-13(8-11)19(22)23)18(2)16(21)14-7-6-12(17)9-15(14)20(24)25/h3-10H,1-2H3. The number of carbonyl (C=O) groups excluding carboxylic acids is 1. The highest BCUT2D eigenvalue weighted by Crippen LogP contribution is 2.28. The van der Waals surface area contributed by atoms with Crippen molar-refractivity contribution in [1.29, 1.82) is 0 Å². The van der Waals surface area contributed by atoms with Gasteiger partial charge in [-0.25, -0.2) is 0 Å². The first-order valence-electron chi connectivity index (χ1n) is 7.18. The van der Waals surface area contributed by atoms with E-state index in [2.05, 4.69) is 0 Å². The summed E-state index contributed by atoms with van der Waals surface area (Å²) in [5, 5.41) is 22.2. The van der Waals surface area contributed by atoms with Crippen LogP contribution in [0.25, 0.3) is 0 Å². The Bertz CT molecular complexity index is 855. The van der Waals surface area contributed by atoms with Gasteiger partial charge in [0.2, 0.25) is 0 Å². The molecular weight excluding hydrogens is 350 g/mol. The van der Waals surface area contributed by atoms with Crippen molar-refractivity contribution in [2.24, 2.45) is 0 Å². The van der Waals surface area contributed by atoms with Crippen LogP contribution in [0.2, 0.25) is 5.02 Å². The van der Waals surface area contributed by atoms with Gasteiger partial charge >= 0.3 is 0 Å². The molecule has 130 valence electrons. The van der Waals surface area contributed by atoms with E-state index in [1.807, 2.05) is 0 Å². The molecule has 1 atom stereocenters. The zero-order valence-corrected chi connectivity index (χ0v) is 14.1. The van der Waals surface area contributed by atoms with Crippen molar-refractivity contribution >= 4 is 28.9 Å². The SMILES string of the molecule is CC(c1cccc([N+](=O)[O-])c1)N(C)C(=O)c1ccc(Cl)cc1[N+](=O)[O-]. The fraction of sp³-hybridized carbons (Fsp3) is 0.188. The smallest absolute Gasteiger partial charge is 0.283 e. The van der Waals surface area contributed by atoms with Gasteiger partial charge in [0.1, 0.15) is 5.56 Å². The van der Waals surface area contributed by atoms with Gasteiger partial charge in [-0.1, -0.05) is 23.7 Å². The number of nitro groups is 2. The molecule has 0 N–H and O–H groups in total. The zero-order valence-electron chi connectivity index (χ0n) is 13.4. The van der Waals surface area contributed by atoms with Crippen LogP contribution in [-0.2, 0) is 0 Å². The molecule has 0 aliphatic rings. The van der Waals surface area contributed by atoms with Gasteiger partial charge in [0.05, 0.1) is 15.9 Å². The summed E-state index contributed by atoms with van der Waals surface area (Å²) in [7, 11) is 1.48. The van der Waals surface area contributed by atoms with E-state index >= 15 is 0 Å². The van der Waals surface area contributed by atoms with Gasteiger partial charge in [0, 0.05) is 30.3 Å². The largest absolute Gasteiger partial charge is 0.335 e. The highest BCUT2D eigenvalue weighted by atomic mass is 35.5. The summed E-state index contributed by atoms with van der Waals surface area (Å²) in [4.78, 5) is 34.8. The number of hydrogen-bond donors (Lipinski definition) is 0. The molecular formula is C16H14ClN3O5. The van der Waals surface area contributed by atoms with E-state index in [0.717, 1.165) is 6.07 Å². The predicted octanol–water partition coefficient (Wildman–Crippen LogP) is 3.99. The molecule has 0 fully saturated rings. The lowest BCUT2D eigenvalue weighted by atomic mass is 10.0. The Morgan fingerprint density at radius 3 is 2.40 bits per heavy atom. The van der Waals surface area contributed by atoms with E-state index in [9.17, 15) is 25.0 Å². The van der Waals surface area contributed by atoms with E-state index in [1.165, 1.54) is 42.3 Å². The zero-order chi connectivity index (χ0) is 18.7. The van der Waals surface area contributed by atoms with Gasteiger partial charge in [0.15, 0.2) is 0 Å². The molecule has 1 amide bonds. The number of carbonyl (C=O) groups is 1. The van der Waals surface area contributed by atoms with E-state index in [0.29, 0.717) is 5.56 Å². The molecule has 9 heteroatoms. The van der Waals surface area contributed by atoms with Gasteiger partial charge in [-0.2, -0.15) is 0 Å². The van der Waals surface area contributed by atoms with Crippen LogP contribution in [0, 0.1) is 20.2 Å². The summed E-state index contributed by atoms with van der Waals surface area (Å²) in [5.74, 6) is -0.581. The highest BCUT2D eigenvalue weighted by molar-refractivity contribution is 6.31. The Kier molecular flexibility index (Phi) is 5.33. The van der Waals surface area contributed by atoms with Gasteiger partial charge in [-0.3, -0.25) is 25.0 Å². The summed E-state index contributed by atoms with van der Waals surface area (Å²) in [6.45, 7) is 1.68. The third-order valence-corrected chi connectivity index (χ3v) is 4.09. The van der Waals surface area contributed by atoms with Crippen LogP contribution in [0.1, 0.15) is 28.9 Å². The Morgan fingerprint density at radius 2 is 1.80 bits per heavy atom. The monoisotopic (exact) mass is 363 g/mol. The molecule has 0 heterocycles. The van der Waals surface area contributed by atoms with Crippen LogP contribution >= 0.6 is 11.6 Å². The average Bonchev–Trinajstić information content (AvgIpc) is 2.59. The van der Waals surface area contributed by atoms with E-state index in [4.69, 9.17) is 11.6 Å². The Labute approximate surface area is 147 Å². The molecule has 2 aromatic carbocycles. The van der Waals surface area contributed by atoms with Crippen LogP contribution in [0.5, 0.6) is 0 Å². The first-order chi connectivity index (χ1) is 11.7. The maximum atomic E-state index is 12.7. The number of non-ortho nitro benzene ring substituents is 1. The quantitative estimate of drug-likeness (QED) is 0.589. The van der Waals surface area contributed by atoms with Crippen molar-refractivity contribution in [3.05, 3.63) is 78.8 Å². The molecule has 0 radical (unpaired) electrons. The minimum atomic E-state index is -0.676. The van der Waals surface area contributed by atoms with Gasteiger partial charge in [-0.05, 0) is 24.6 Å². The number of nitrogens with zero attached hydrogens (tertiary/aromatic N) is 3. The number of amides is 1. The second kappa shape index (κ2) is 7.27. The molecule has 0 spiro atoms. The lowest BCUT2D eigenvalue weighted by molar-refractivity contribution is -0.385. The average molecular weight is 364 g/mol. The van der Waals surface area contributed by atoms with Crippen LogP contribution in [0.3, 0.4) is 0 Å². The summed E-state index contributed by atoms with van der Waals surface area (Å²) in [6.07, 6.45) is 0. The number of hydrogen-bond acceptors (Lipinski definition) is 5. The van der Waals surface area contributed by atoms with Gasteiger partial charge in [-0.15, -0.1) is 0 Å². The van der Waals surface area contributed by atoms with Crippen molar-refractivity contribution < 1.29 is 14.6 Å². The number of halogens is 1. The molecule has 2 aromatic rings. The Morgan fingerprint density at radius 1 is 1.12 bits per heavy atom. The number of rotatable bonds is 5. The lowest BCUT2D eigenvalue weighted by Gasteiger charge is -2.25. The van der Waals surface area contributed by atoms with Crippen molar-refractivity contribution in [2.45, 2.75) is 13.0 Å². The van der Waals surface area contributed by atoms with Crippen molar-refractivity contribution in [2.75, 3.05) is 7.05 Å².